The van der Waals surface area contributed by atoms with Crippen molar-refractivity contribution in [2.24, 2.45) is 0 Å². The van der Waals surface area contributed by atoms with Crippen LogP contribution < -0.4 is 0 Å². The van der Waals surface area contributed by atoms with Crippen LogP contribution in [0.4, 0.5) is 0 Å². The molecule has 0 radical (unpaired) electrons. The van der Waals surface area contributed by atoms with E-state index >= 15 is 0 Å². The van der Waals surface area contributed by atoms with E-state index in [1.54, 1.807) is 0 Å². The summed E-state index contributed by atoms with van der Waals surface area (Å²) in [4.78, 5) is 10.00. The highest BCUT2D eigenvalue weighted by molar-refractivity contribution is 5.56. The van der Waals surface area contributed by atoms with Crippen LogP contribution >= 0.6 is 0 Å². The molecule has 0 saturated heterocycles. The molecule has 14 heavy (non-hydrogen) atoms. The van der Waals surface area contributed by atoms with Gasteiger partial charge >= 0.3 is 0 Å². The molecular formula is C7H14O7. The molecule has 0 aliphatic rings. The molecular weight excluding hydrogens is 196 g/mol. The lowest BCUT2D eigenvalue weighted by atomic mass is 10.0. The van der Waals surface area contributed by atoms with Crippen LogP contribution in [0.3, 0.4) is 0 Å². The predicted octanol–water partition coefficient (Wildman–Crippen LogP) is -4.02. The summed E-state index contributed by atoms with van der Waals surface area (Å²) in [5.41, 5.74) is 0. The molecule has 7 heteroatoms. The summed E-state index contributed by atoms with van der Waals surface area (Å²) in [6.45, 7) is -0.817. The molecule has 6 N–H and O–H groups in total. The Morgan fingerprint density at radius 2 is 1.43 bits per heavy atom. The topological polar surface area (TPSA) is 138 Å². The number of aliphatic hydroxyl groups excluding tert-OH is 6. The lowest BCUT2D eigenvalue weighted by molar-refractivity contribution is -0.147. The lowest BCUT2D eigenvalue weighted by Crippen LogP contribution is -2.50. The quantitative estimate of drug-likeness (QED) is 0.245. The molecule has 0 aromatic heterocycles. The Morgan fingerprint density at radius 1 is 0.929 bits per heavy atom. The fourth-order valence-electron chi connectivity index (χ4n) is 0.820. The summed E-state index contributed by atoms with van der Waals surface area (Å²) in [5, 5.41) is 53.2. The highest BCUT2D eigenvalue weighted by atomic mass is 16.4. The second-order valence-electron chi connectivity index (χ2n) is 2.85. The van der Waals surface area contributed by atoms with Gasteiger partial charge in [-0.15, -0.1) is 0 Å². The SMILES string of the molecule is O=C[C@@H](O)[C@H](O)[C@H](O)C(O)C(O)CO. The normalized spacial score (nSPS) is 22.1. The van der Waals surface area contributed by atoms with Crippen molar-refractivity contribution in [1.29, 1.82) is 0 Å². The Balaban J connectivity index is 4.29. The number of aliphatic hydroxyl groups is 6. The second-order valence-corrected chi connectivity index (χ2v) is 2.85. The van der Waals surface area contributed by atoms with E-state index in [-0.39, 0.29) is 6.29 Å². The first-order valence-corrected chi connectivity index (χ1v) is 3.92. The molecule has 0 spiro atoms. The van der Waals surface area contributed by atoms with Crippen molar-refractivity contribution >= 4 is 6.29 Å². The molecule has 0 aromatic rings. The van der Waals surface area contributed by atoms with Crippen LogP contribution in [0, 0.1) is 0 Å². The molecule has 84 valence electrons. The van der Waals surface area contributed by atoms with Crippen molar-refractivity contribution in [3.8, 4) is 0 Å². The minimum absolute atomic E-state index is 0.0219. The number of hydrogen-bond donors (Lipinski definition) is 6. The molecule has 0 aromatic carbocycles. The first kappa shape index (κ1) is 13.4. The number of hydrogen-bond acceptors (Lipinski definition) is 7. The van der Waals surface area contributed by atoms with Crippen molar-refractivity contribution in [1.82, 2.24) is 0 Å². The van der Waals surface area contributed by atoms with Crippen LogP contribution in [-0.4, -0.2) is 74.1 Å². The minimum Gasteiger partial charge on any atom is -0.394 e. The third kappa shape index (κ3) is 3.29. The van der Waals surface area contributed by atoms with Crippen LogP contribution in [0.15, 0.2) is 0 Å². The molecule has 0 bridgehead atoms. The van der Waals surface area contributed by atoms with Crippen molar-refractivity contribution in [2.45, 2.75) is 30.5 Å². The Kier molecular flexibility index (Phi) is 5.77. The van der Waals surface area contributed by atoms with Gasteiger partial charge in [0.2, 0.25) is 0 Å². The fourth-order valence-corrected chi connectivity index (χ4v) is 0.820. The number of carbonyl (C=O) groups is 1. The number of rotatable bonds is 6. The van der Waals surface area contributed by atoms with Gasteiger partial charge in [0.15, 0.2) is 6.29 Å². The molecule has 2 unspecified atom stereocenters. The summed E-state index contributed by atoms with van der Waals surface area (Å²) >= 11 is 0. The third-order valence-corrected chi connectivity index (χ3v) is 1.77. The highest BCUT2D eigenvalue weighted by Gasteiger charge is 2.33. The minimum atomic E-state index is -1.92. The van der Waals surface area contributed by atoms with Gasteiger partial charge < -0.3 is 35.4 Å². The van der Waals surface area contributed by atoms with Crippen molar-refractivity contribution < 1.29 is 35.4 Å². The van der Waals surface area contributed by atoms with E-state index < -0.39 is 37.1 Å². The number of aldehydes is 1. The van der Waals surface area contributed by atoms with Crippen LogP contribution in [-0.2, 0) is 4.79 Å². The highest BCUT2D eigenvalue weighted by Crippen LogP contribution is 2.07. The predicted molar refractivity (Wildman–Crippen MR) is 43.2 cm³/mol. The fraction of sp³-hybridized carbons (Fsp3) is 0.857. The molecule has 0 saturated carbocycles. The summed E-state index contributed by atoms with van der Waals surface area (Å²) in [7, 11) is 0. The Morgan fingerprint density at radius 3 is 1.79 bits per heavy atom. The second kappa shape index (κ2) is 6.02. The largest absolute Gasteiger partial charge is 0.394 e. The zero-order valence-corrected chi connectivity index (χ0v) is 7.26. The van der Waals surface area contributed by atoms with Crippen molar-refractivity contribution in [2.75, 3.05) is 6.61 Å². The maximum Gasteiger partial charge on any atom is 0.151 e. The summed E-state index contributed by atoms with van der Waals surface area (Å²) < 4.78 is 0. The van der Waals surface area contributed by atoms with E-state index in [1.807, 2.05) is 0 Å². The van der Waals surface area contributed by atoms with Gasteiger partial charge in [-0.2, -0.15) is 0 Å². The Labute approximate surface area is 79.9 Å². The standard InChI is InChI=1S/C7H14O7/c8-1-3(10)5(12)7(14)6(13)4(11)2-9/h1,3-7,9-14H,2H2/t3-,4?,5+,6?,7+/m1/s1. The average molecular weight is 210 g/mol. The van der Waals surface area contributed by atoms with Crippen LogP contribution in [0.1, 0.15) is 0 Å². The van der Waals surface area contributed by atoms with Gasteiger partial charge in [-0.1, -0.05) is 0 Å². The Hall–Kier alpha value is -0.570. The van der Waals surface area contributed by atoms with Gasteiger partial charge in [0.05, 0.1) is 6.61 Å². The van der Waals surface area contributed by atoms with E-state index in [4.69, 9.17) is 30.6 Å². The smallest absolute Gasteiger partial charge is 0.151 e. The summed E-state index contributed by atoms with van der Waals surface area (Å²) in [5.74, 6) is 0. The van der Waals surface area contributed by atoms with E-state index in [1.165, 1.54) is 0 Å². The average Bonchev–Trinajstić information content (AvgIpc) is 2.23. The van der Waals surface area contributed by atoms with Crippen molar-refractivity contribution in [3.05, 3.63) is 0 Å². The van der Waals surface area contributed by atoms with Crippen molar-refractivity contribution in [3.63, 3.8) is 0 Å². The first-order chi connectivity index (χ1) is 6.45. The van der Waals surface area contributed by atoms with E-state index in [0.717, 1.165) is 0 Å². The molecule has 0 heterocycles. The maximum absolute atomic E-state index is 10.00. The van der Waals surface area contributed by atoms with E-state index in [0.29, 0.717) is 0 Å². The Bertz CT molecular complexity index is 173. The molecule has 0 aliphatic carbocycles. The van der Waals surface area contributed by atoms with E-state index in [9.17, 15) is 4.79 Å². The van der Waals surface area contributed by atoms with Gasteiger partial charge in [-0.25, -0.2) is 0 Å². The van der Waals surface area contributed by atoms with Gasteiger partial charge in [0.25, 0.3) is 0 Å². The first-order valence-electron chi connectivity index (χ1n) is 3.92. The molecule has 0 fully saturated rings. The molecule has 5 atom stereocenters. The maximum atomic E-state index is 10.00. The molecule has 0 rings (SSSR count). The van der Waals surface area contributed by atoms with Crippen LogP contribution in [0.5, 0.6) is 0 Å². The van der Waals surface area contributed by atoms with Gasteiger partial charge in [-0.05, 0) is 0 Å². The third-order valence-electron chi connectivity index (χ3n) is 1.77. The summed E-state index contributed by atoms with van der Waals surface area (Å²) in [6.07, 6.45) is -9.21. The lowest BCUT2D eigenvalue weighted by Gasteiger charge is -2.26. The molecule has 0 aliphatic heterocycles. The monoisotopic (exact) mass is 210 g/mol. The van der Waals surface area contributed by atoms with E-state index in [2.05, 4.69) is 0 Å². The molecule has 7 nitrogen and oxygen atoms in total. The molecule has 0 amide bonds. The number of carbonyl (C=O) groups excluding carboxylic acids is 1. The van der Waals surface area contributed by atoms with Gasteiger partial charge in [0, 0.05) is 0 Å². The zero-order valence-electron chi connectivity index (χ0n) is 7.26. The van der Waals surface area contributed by atoms with Gasteiger partial charge in [0.1, 0.15) is 30.5 Å². The van der Waals surface area contributed by atoms with Crippen LogP contribution in [0.25, 0.3) is 0 Å². The summed E-state index contributed by atoms with van der Waals surface area (Å²) in [6, 6.07) is 0. The zero-order chi connectivity index (χ0) is 11.3. The van der Waals surface area contributed by atoms with Gasteiger partial charge in [-0.3, -0.25) is 0 Å². The van der Waals surface area contributed by atoms with Crippen LogP contribution in [0.2, 0.25) is 0 Å².